The minimum atomic E-state index is -4.23. The molecule has 16 heavy (non-hydrogen) atoms. The highest BCUT2D eigenvalue weighted by atomic mass is 35.7. The summed E-state index contributed by atoms with van der Waals surface area (Å²) in [6.07, 6.45) is 0. The molecule has 1 aromatic rings. The number of hydrogen-bond donors (Lipinski definition) is 0. The van der Waals surface area contributed by atoms with E-state index in [0.717, 1.165) is 12.1 Å². The average molecular weight is 281 g/mol. The van der Waals surface area contributed by atoms with Gasteiger partial charge in [0.25, 0.3) is 9.05 Å². The van der Waals surface area contributed by atoms with Gasteiger partial charge in [-0.05, 0) is 12.1 Å². The van der Waals surface area contributed by atoms with Crippen LogP contribution in [-0.2, 0) is 9.05 Å². The van der Waals surface area contributed by atoms with Gasteiger partial charge in [0.1, 0.15) is 16.0 Å². The highest BCUT2D eigenvalue weighted by Crippen LogP contribution is 2.33. The summed E-state index contributed by atoms with van der Waals surface area (Å²) in [6, 6.07) is 3.34. The van der Waals surface area contributed by atoms with Gasteiger partial charge in [-0.1, -0.05) is 11.6 Å². The lowest BCUT2D eigenvalue weighted by Crippen LogP contribution is -2.01. The van der Waals surface area contributed by atoms with Crippen LogP contribution >= 0.6 is 22.3 Å². The molecule has 84 valence electrons. The summed E-state index contributed by atoms with van der Waals surface area (Å²) < 4.78 is 22.1. The molecule has 1 aromatic carbocycles. The number of nitrogens with zero attached hydrogens (tertiary/aromatic N) is 2. The number of nitriles is 1. The topological polar surface area (TPSA) is 101 Å². The largest absolute Gasteiger partial charge is 0.306 e. The third kappa shape index (κ3) is 2.24. The van der Waals surface area contributed by atoms with Gasteiger partial charge >= 0.3 is 5.69 Å². The van der Waals surface area contributed by atoms with Crippen LogP contribution in [0.3, 0.4) is 0 Å². The van der Waals surface area contributed by atoms with E-state index < -0.39 is 30.1 Å². The minimum absolute atomic E-state index is 0.328. The molecule has 1 rings (SSSR count). The Hall–Kier alpha value is -1.36. The van der Waals surface area contributed by atoms with Crippen LogP contribution in [0.25, 0.3) is 0 Å². The first-order valence-electron chi connectivity index (χ1n) is 3.60. The summed E-state index contributed by atoms with van der Waals surface area (Å²) in [5.74, 6) is 0. The summed E-state index contributed by atoms with van der Waals surface area (Å²) in [5, 5.41) is 19.0. The van der Waals surface area contributed by atoms with Gasteiger partial charge < -0.3 is 0 Å². The van der Waals surface area contributed by atoms with Crippen molar-refractivity contribution in [2.24, 2.45) is 0 Å². The molecular formula is C7H2Cl2N2O4S. The number of halogens is 2. The molecule has 0 aliphatic rings. The Kier molecular flexibility index (Phi) is 3.38. The van der Waals surface area contributed by atoms with E-state index in [9.17, 15) is 18.5 Å². The predicted octanol–water partition coefficient (Wildman–Crippen LogP) is 2.05. The van der Waals surface area contributed by atoms with Crippen LogP contribution in [0.15, 0.2) is 17.0 Å². The van der Waals surface area contributed by atoms with Gasteiger partial charge in [-0.25, -0.2) is 8.42 Å². The van der Waals surface area contributed by atoms with Crippen molar-refractivity contribution in [1.82, 2.24) is 0 Å². The Morgan fingerprint density at radius 2 is 2.00 bits per heavy atom. The van der Waals surface area contributed by atoms with Gasteiger partial charge in [-0.15, -0.1) is 0 Å². The monoisotopic (exact) mass is 280 g/mol. The Labute approximate surface area is 99.6 Å². The van der Waals surface area contributed by atoms with Crippen molar-refractivity contribution in [1.29, 1.82) is 5.26 Å². The van der Waals surface area contributed by atoms with Gasteiger partial charge in [-0.3, -0.25) is 10.1 Å². The van der Waals surface area contributed by atoms with E-state index >= 15 is 0 Å². The fourth-order valence-electron chi connectivity index (χ4n) is 1.04. The summed E-state index contributed by atoms with van der Waals surface area (Å²) >= 11 is 5.49. The Bertz CT molecular complexity index is 606. The zero-order valence-corrected chi connectivity index (χ0v) is 9.67. The Morgan fingerprint density at radius 1 is 1.44 bits per heavy atom. The summed E-state index contributed by atoms with van der Waals surface area (Å²) in [5.41, 5.74) is -1.45. The first-order valence-corrected chi connectivity index (χ1v) is 6.29. The molecule has 0 radical (unpaired) electrons. The fourth-order valence-corrected chi connectivity index (χ4v) is 2.27. The lowest BCUT2D eigenvalue weighted by atomic mass is 10.2. The van der Waals surface area contributed by atoms with Gasteiger partial charge in [0.15, 0.2) is 5.56 Å². The standard InChI is InChI=1S/C7H2Cl2N2O4S/c8-5-1-2-6(16(9,14)15)4(3-10)7(5)11(12)13/h1-2H. The molecule has 0 aromatic heterocycles. The predicted molar refractivity (Wildman–Crippen MR) is 55.9 cm³/mol. The molecule has 0 unspecified atom stereocenters. The maximum absolute atomic E-state index is 11.0. The first-order chi connectivity index (χ1) is 7.29. The van der Waals surface area contributed by atoms with Crippen molar-refractivity contribution < 1.29 is 13.3 Å². The number of benzene rings is 1. The van der Waals surface area contributed by atoms with Crippen molar-refractivity contribution in [3.63, 3.8) is 0 Å². The van der Waals surface area contributed by atoms with Crippen molar-refractivity contribution in [2.75, 3.05) is 0 Å². The molecule has 0 fully saturated rings. The first kappa shape index (κ1) is 12.7. The van der Waals surface area contributed by atoms with Gasteiger partial charge in [-0.2, -0.15) is 5.26 Å². The number of nitro benzene ring substituents is 1. The highest BCUT2D eigenvalue weighted by molar-refractivity contribution is 8.13. The summed E-state index contributed by atoms with van der Waals surface area (Å²) in [7, 11) is 0.795. The maximum atomic E-state index is 11.0. The van der Waals surface area contributed by atoms with Gasteiger partial charge in [0.2, 0.25) is 0 Å². The third-order valence-corrected chi connectivity index (χ3v) is 3.32. The second-order valence-corrected chi connectivity index (χ2v) is 5.52. The lowest BCUT2D eigenvalue weighted by molar-refractivity contribution is -0.385. The van der Waals surface area contributed by atoms with Crippen LogP contribution in [0.4, 0.5) is 5.69 Å². The van der Waals surface area contributed by atoms with Gasteiger partial charge in [0.05, 0.1) is 4.92 Å². The normalized spacial score (nSPS) is 10.8. The van der Waals surface area contributed by atoms with Crippen LogP contribution in [0.1, 0.15) is 5.56 Å². The number of rotatable bonds is 2. The van der Waals surface area contributed by atoms with Crippen LogP contribution in [0.5, 0.6) is 0 Å². The molecule has 0 aliphatic heterocycles. The van der Waals surface area contributed by atoms with E-state index in [1.54, 1.807) is 0 Å². The average Bonchev–Trinajstić information content (AvgIpc) is 2.14. The molecule has 6 nitrogen and oxygen atoms in total. The van der Waals surface area contributed by atoms with E-state index in [-0.39, 0.29) is 5.02 Å². The molecule has 0 bridgehead atoms. The smallest absolute Gasteiger partial charge is 0.258 e. The highest BCUT2D eigenvalue weighted by Gasteiger charge is 2.27. The van der Waals surface area contributed by atoms with Crippen LogP contribution < -0.4 is 0 Å². The minimum Gasteiger partial charge on any atom is -0.258 e. The van der Waals surface area contributed by atoms with E-state index in [4.69, 9.17) is 27.5 Å². The second-order valence-electron chi connectivity index (χ2n) is 2.58. The van der Waals surface area contributed by atoms with Crippen LogP contribution in [0, 0.1) is 21.4 Å². The van der Waals surface area contributed by atoms with Gasteiger partial charge in [0, 0.05) is 10.7 Å². The van der Waals surface area contributed by atoms with Crippen molar-refractivity contribution in [3.05, 3.63) is 32.8 Å². The molecule has 0 atom stereocenters. The quantitative estimate of drug-likeness (QED) is 0.469. The zero-order chi connectivity index (χ0) is 12.5. The molecule has 0 saturated heterocycles. The Balaban J connectivity index is 3.79. The second kappa shape index (κ2) is 4.25. The Morgan fingerprint density at radius 3 is 2.38 bits per heavy atom. The third-order valence-electron chi connectivity index (χ3n) is 1.65. The van der Waals surface area contributed by atoms with Crippen molar-refractivity contribution in [3.8, 4) is 6.07 Å². The summed E-state index contributed by atoms with van der Waals surface area (Å²) in [4.78, 5) is 9.04. The number of nitro groups is 1. The lowest BCUT2D eigenvalue weighted by Gasteiger charge is -2.01. The molecule has 0 N–H and O–H groups in total. The van der Waals surface area contributed by atoms with E-state index in [2.05, 4.69) is 0 Å². The van der Waals surface area contributed by atoms with E-state index in [0.29, 0.717) is 0 Å². The summed E-state index contributed by atoms with van der Waals surface area (Å²) in [6.45, 7) is 0. The molecule has 0 spiro atoms. The molecular weight excluding hydrogens is 279 g/mol. The molecule has 0 amide bonds. The molecule has 0 saturated carbocycles. The van der Waals surface area contributed by atoms with Crippen molar-refractivity contribution >= 4 is 37.0 Å². The maximum Gasteiger partial charge on any atom is 0.306 e. The van der Waals surface area contributed by atoms with E-state index in [1.807, 2.05) is 0 Å². The van der Waals surface area contributed by atoms with Crippen molar-refractivity contribution in [2.45, 2.75) is 4.90 Å². The van der Waals surface area contributed by atoms with E-state index in [1.165, 1.54) is 6.07 Å². The molecule has 0 aliphatic carbocycles. The zero-order valence-electron chi connectivity index (χ0n) is 7.35. The molecule has 9 heteroatoms. The molecule has 0 heterocycles. The van der Waals surface area contributed by atoms with Crippen LogP contribution in [0.2, 0.25) is 5.02 Å². The van der Waals surface area contributed by atoms with Crippen LogP contribution in [-0.4, -0.2) is 13.3 Å². The SMILES string of the molecule is N#Cc1c(S(=O)(=O)Cl)ccc(Cl)c1[N+](=O)[O-]. The fraction of sp³-hybridized carbons (Fsp3) is 0. The number of hydrogen-bond acceptors (Lipinski definition) is 5.